The van der Waals surface area contributed by atoms with Crippen LogP contribution in [0.1, 0.15) is 49.9 Å². The Morgan fingerprint density at radius 1 is 1.12 bits per heavy atom. The summed E-state index contributed by atoms with van der Waals surface area (Å²) >= 11 is 0. The van der Waals surface area contributed by atoms with E-state index in [1.807, 2.05) is 6.33 Å². The van der Waals surface area contributed by atoms with Crippen molar-refractivity contribution >= 4 is 0 Å². The molecule has 0 bridgehead atoms. The molecule has 1 aliphatic carbocycles. The standard InChI is InChI=1S/C13H22N2O/c16-10-6-2-1-5-9-15-11-14-12-7-3-4-8-13(12)15/h11,16H,1-10H2. The Bertz CT molecular complexity index is 320. The highest BCUT2D eigenvalue weighted by Gasteiger charge is 2.14. The van der Waals surface area contributed by atoms with E-state index in [9.17, 15) is 0 Å². The Kier molecular flexibility index (Phi) is 4.40. The maximum Gasteiger partial charge on any atom is 0.0951 e. The lowest BCUT2D eigenvalue weighted by molar-refractivity contribution is 0.282. The lowest BCUT2D eigenvalue weighted by Crippen LogP contribution is -2.08. The van der Waals surface area contributed by atoms with Crippen molar-refractivity contribution in [2.45, 2.75) is 57.9 Å². The van der Waals surface area contributed by atoms with E-state index in [1.165, 1.54) is 49.9 Å². The Hall–Kier alpha value is -0.830. The third-order valence-electron chi connectivity index (χ3n) is 3.42. The molecule has 0 saturated carbocycles. The molecule has 0 atom stereocenters. The van der Waals surface area contributed by atoms with Crippen LogP contribution in [0.25, 0.3) is 0 Å². The first-order valence-electron chi connectivity index (χ1n) is 6.55. The quantitative estimate of drug-likeness (QED) is 0.750. The smallest absolute Gasteiger partial charge is 0.0951 e. The van der Waals surface area contributed by atoms with Crippen LogP contribution in [0.3, 0.4) is 0 Å². The molecule has 0 fully saturated rings. The molecule has 16 heavy (non-hydrogen) atoms. The Morgan fingerprint density at radius 2 is 1.94 bits per heavy atom. The SMILES string of the molecule is OCCCCCCn1cnc2c1CCCC2. The molecule has 1 N–H and O–H groups in total. The van der Waals surface area contributed by atoms with Crippen LogP contribution in [0.4, 0.5) is 0 Å². The molecule has 0 aromatic carbocycles. The van der Waals surface area contributed by atoms with Gasteiger partial charge in [-0.2, -0.15) is 0 Å². The van der Waals surface area contributed by atoms with Crippen LogP contribution in [0.15, 0.2) is 6.33 Å². The molecule has 90 valence electrons. The summed E-state index contributed by atoms with van der Waals surface area (Å²) < 4.78 is 2.34. The number of rotatable bonds is 6. The molecule has 3 heteroatoms. The normalized spacial score (nSPS) is 15.1. The minimum Gasteiger partial charge on any atom is -0.396 e. The summed E-state index contributed by atoms with van der Waals surface area (Å²) in [5.41, 5.74) is 2.81. The van der Waals surface area contributed by atoms with E-state index in [0.29, 0.717) is 6.61 Å². The molecule has 0 radical (unpaired) electrons. The largest absolute Gasteiger partial charge is 0.396 e. The number of unbranched alkanes of at least 4 members (excludes halogenated alkanes) is 3. The maximum absolute atomic E-state index is 8.69. The van der Waals surface area contributed by atoms with Crippen molar-refractivity contribution in [3.05, 3.63) is 17.7 Å². The van der Waals surface area contributed by atoms with E-state index >= 15 is 0 Å². The predicted molar refractivity (Wildman–Crippen MR) is 64.4 cm³/mol. The number of aryl methyl sites for hydroxylation is 2. The highest BCUT2D eigenvalue weighted by molar-refractivity contribution is 5.16. The summed E-state index contributed by atoms with van der Waals surface area (Å²) in [6.45, 7) is 1.44. The number of hydrogen-bond acceptors (Lipinski definition) is 2. The lowest BCUT2D eigenvalue weighted by atomic mass is 10.0. The van der Waals surface area contributed by atoms with Crippen LogP contribution in [0.2, 0.25) is 0 Å². The lowest BCUT2D eigenvalue weighted by Gasteiger charge is -2.13. The van der Waals surface area contributed by atoms with Gasteiger partial charge >= 0.3 is 0 Å². The van der Waals surface area contributed by atoms with Gasteiger partial charge in [-0.1, -0.05) is 12.8 Å². The zero-order valence-electron chi connectivity index (χ0n) is 9.99. The van der Waals surface area contributed by atoms with E-state index in [0.717, 1.165) is 19.4 Å². The number of imidazole rings is 1. The van der Waals surface area contributed by atoms with Crippen molar-refractivity contribution in [1.29, 1.82) is 0 Å². The molecule has 0 amide bonds. The second-order valence-electron chi connectivity index (χ2n) is 4.68. The maximum atomic E-state index is 8.69. The van der Waals surface area contributed by atoms with Gasteiger partial charge in [0.2, 0.25) is 0 Å². The molecule has 2 rings (SSSR count). The van der Waals surface area contributed by atoms with Gasteiger partial charge < -0.3 is 9.67 Å². The number of nitrogens with zero attached hydrogens (tertiary/aromatic N) is 2. The van der Waals surface area contributed by atoms with Crippen LogP contribution < -0.4 is 0 Å². The monoisotopic (exact) mass is 222 g/mol. The summed E-state index contributed by atoms with van der Waals surface area (Å²) in [7, 11) is 0. The van der Waals surface area contributed by atoms with Gasteiger partial charge in [0.05, 0.1) is 12.0 Å². The Labute approximate surface area is 97.5 Å². The minimum absolute atomic E-state index is 0.334. The molecule has 1 aromatic heterocycles. The van der Waals surface area contributed by atoms with Crippen molar-refractivity contribution in [3.8, 4) is 0 Å². The van der Waals surface area contributed by atoms with Gasteiger partial charge in [-0.15, -0.1) is 0 Å². The molecule has 0 aliphatic heterocycles. The van der Waals surface area contributed by atoms with Gasteiger partial charge in [0.15, 0.2) is 0 Å². The first-order chi connectivity index (χ1) is 7.92. The molecule has 0 saturated heterocycles. The van der Waals surface area contributed by atoms with Crippen molar-refractivity contribution < 1.29 is 5.11 Å². The van der Waals surface area contributed by atoms with Gasteiger partial charge in [0, 0.05) is 18.8 Å². The number of fused-ring (bicyclic) bond motifs is 1. The number of hydrogen-bond donors (Lipinski definition) is 1. The number of aliphatic hydroxyl groups excluding tert-OH is 1. The van der Waals surface area contributed by atoms with Crippen molar-refractivity contribution in [1.82, 2.24) is 9.55 Å². The van der Waals surface area contributed by atoms with Crippen molar-refractivity contribution in [2.24, 2.45) is 0 Å². The van der Waals surface area contributed by atoms with E-state index in [-0.39, 0.29) is 0 Å². The second-order valence-corrected chi connectivity index (χ2v) is 4.68. The molecule has 1 heterocycles. The first-order valence-corrected chi connectivity index (χ1v) is 6.55. The Balaban J connectivity index is 1.78. The van der Waals surface area contributed by atoms with Crippen LogP contribution in [-0.4, -0.2) is 21.3 Å². The molecule has 1 aliphatic rings. The fraction of sp³-hybridized carbons (Fsp3) is 0.769. The minimum atomic E-state index is 0.334. The van der Waals surface area contributed by atoms with Crippen LogP contribution in [0.5, 0.6) is 0 Å². The second kappa shape index (κ2) is 6.04. The summed E-state index contributed by atoms with van der Waals surface area (Å²) in [6.07, 6.45) is 11.6. The summed E-state index contributed by atoms with van der Waals surface area (Å²) in [4.78, 5) is 4.49. The van der Waals surface area contributed by atoms with E-state index in [2.05, 4.69) is 9.55 Å². The van der Waals surface area contributed by atoms with Gasteiger partial charge in [-0.25, -0.2) is 4.98 Å². The third kappa shape index (κ3) is 2.85. The molecule has 1 aromatic rings. The fourth-order valence-corrected chi connectivity index (χ4v) is 2.47. The first kappa shape index (κ1) is 11.6. The molecular formula is C13H22N2O. The zero-order chi connectivity index (χ0) is 11.2. The Morgan fingerprint density at radius 3 is 2.81 bits per heavy atom. The van der Waals surface area contributed by atoms with Gasteiger partial charge in [-0.3, -0.25) is 0 Å². The highest BCUT2D eigenvalue weighted by atomic mass is 16.2. The average Bonchev–Trinajstić information content (AvgIpc) is 2.73. The van der Waals surface area contributed by atoms with Gasteiger partial charge in [-0.05, 0) is 38.5 Å². The van der Waals surface area contributed by atoms with E-state index < -0.39 is 0 Å². The van der Waals surface area contributed by atoms with Gasteiger partial charge in [0.1, 0.15) is 0 Å². The fourth-order valence-electron chi connectivity index (χ4n) is 2.47. The number of aromatic nitrogens is 2. The third-order valence-corrected chi connectivity index (χ3v) is 3.42. The summed E-state index contributed by atoms with van der Waals surface area (Å²) in [5, 5.41) is 8.69. The van der Waals surface area contributed by atoms with Crippen LogP contribution in [0, 0.1) is 0 Å². The highest BCUT2D eigenvalue weighted by Crippen LogP contribution is 2.20. The number of aliphatic hydroxyl groups is 1. The molecule has 0 unspecified atom stereocenters. The molecular weight excluding hydrogens is 200 g/mol. The van der Waals surface area contributed by atoms with Crippen LogP contribution >= 0.6 is 0 Å². The summed E-state index contributed by atoms with van der Waals surface area (Å²) in [5.74, 6) is 0. The van der Waals surface area contributed by atoms with Crippen molar-refractivity contribution in [3.63, 3.8) is 0 Å². The van der Waals surface area contributed by atoms with Crippen molar-refractivity contribution in [2.75, 3.05) is 6.61 Å². The average molecular weight is 222 g/mol. The van der Waals surface area contributed by atoms with E-state index in [4.69, 9.17) is 5.11 Å². The van der Waals surface area contributed by atoms with Gasteiger partial charge in [0.25, 0.3) is 0 Å². The van der Waals surface area contributed by atoms with Crippen LogP contribution in [-0.2, 0) is 19.4 Å². The molecule has 0 spiro atoms. The molecule has 3 nitrogen and oxygen atoms in total. The summed E-state index contributed by atoms with van der Waals surface area (Å²) in [6, 6.07) is 0. The van der Waals surface area contributed by atoms with E-state index in [1.54, 1.807) is 0 Å². The topological polar surface area (TPSA) is 38.0 Å². The predicted octanol–water partition coefficient (Wildman–Crippen LogP) is 2.31. The zero-order valence-corrected chi connectivity index (χ0v) is 9.99.